The van der Waals surface area contributed by atoms with Crippen LogP contribution in [0.5, 0.6) is 0 Å². The third-order valence-corrected chi connectivity index (χ3v) is 5.68. The second-order valence-corrected chi connectivity index (χ2v) is 7.51. The number of halogens is 1. The summed E-state index contributed by atoms with van der Waals surface area (Å²) >= 11 is 0. The minimum Gasteiger partial charge on any atom is -0.379 e. The number of nitrogens with one attached hydrogen (secondary N) is 2. The quantitative estimate of drug-likeness (QED) is 0.520. The summed E-state index contributed by atoms with van der Waals surface area (Å²) in [7, 11) is 1.75. The molecule has 2 aliphatic rings. The van der Waals surface area contributed by atoms with Crippen molar-refractivity contribution in [1.82, 2.24) is 20.4 Å². The predicted molar refractivity (Wildman–Crippen MR) is 116 cm³/mol. The van der Waals surface area contributed by atoms with Crippen molar-refractivity contribution in [3.8, 4) is 0 Å². The molecule has 1 aromatic rings. The van der Waals surface area contributed by atoms with Crippen LogP contribution < -0.4 is 15.5 Å². The first-order valence-corrected chi connectivity index (χ1v) is 10.7. The van der Waals surface area contributed by atoms with Gasteiger partial charge in [-0.2, -0.15) is 0 Å². The molecule has 0 saturated carbocycles. The number of anilines is 1. The molecule has 8 heteroatoms. The molecule has 0 aromatic heterocycles. The van der Waals surface area contributed by atoms with Crippen molar-refractivity contribution in [2.24, 2.45) is 4.99 Å². The lowest BCUT2D eigenvalue weighted by Crippen LogP contribution is -2.46. The standard InChI is InChI=1S/C21H35FN6O/c1-3-26-8-10-28(11-9-26)20-5-4-18(16-19(20)22)17-25-21(23-2)24-6-7-27-12-14-29-15-13-27/h4-5,16H,3,6-15,17H2,1-2H3,(H2,23,24,25). The topological polar surface area (TPSA) is 55.4 Å². The maximum atomic E-state index is 14.7. The number of hydrogen-bond donors (Lipinski definition) is 2. The highest BCUT2D eigenvalue weighted by atomic mass is 19.1. The Morgan fingerprint density at radius 3 is 2.48 bits per heavy atom. The molecule has 0 amide bonds. The molecular weight excluding hydrogens is 371 g/mol. The number of benzene rings is 1. The fourth-order valence-corrected chi connectivity index (χ4v) is 3.79. The van der Waals surface area contributed by atoms with Crippen LogP contribution in [0.25, 0.3) is 0 Å². The van der Waals surface area contributed by atoms with Crippen molar-refractivity contribution in [1.29, 1.82) is 0 Å². The highest BCUT2D eigenvalue weighted by Gasteiger charge is 2.18. The lowest BCUT2D eigenvalue weighted by molar-refractivity contribution is 0.0389. The van der Waals surface area contributed by atoms with E-state index in [4.69, 9.17) is 4.74 Å². The maximum Gasteiger partial charge on any atom is 0.191 e. The van der Waals surface area contributed by atoms with E-state index in [0.29, 0.717) is 12.2 Å². The molecule has 2 heterocycles. The summed E-state index contributed by atoms with van der Waals surface area (Å²) in [6.07, 6.45) is 0. The molecule has 7 nitrogen and oxygen atoms in total. The summed E-state index contributed by atoms with van der Waals surface area (Å²) in [5.41, 5.74) is 1.62. The molecule has 2 saturated heterocycles. The number of likely N-dealkylation sites (N-methyl/N-ethyl adjacent to an activating group) is 1. The Morgan fingerprint density at radius 2 is 1.83 bits per heavy atom. The molecule has 0 unspecified atom stereocenters. The fraction of sp³-hybridized carbons (Fsp3) is 0.667. The number of piperazine rings is 1. The Balaban J connectivity index is 1.44. The van der Waals surface area contributed by atoms with Gasteiger partial charge in [0.2, 0.25) is 0 Å². The van der Waals surface area contributed by atoms with Gasteiger partial charge in [0.15, 0.2) is 5.96 Å². The molecule has 2 fully saturated rings. The molecule has 0 radical (unpaired) electrons. The predicted octanol–water partition coefficient (Wildman–Crippen LogP) is 0.965. The zero-order valence-corrected chi connectivity index (χ0v) is 17.8. The zero-order chi connectivity index (χ0) is 20.5. The zero-order valence-electron chi connectivity index (χ0n) is 17.8. The van der Waals surface area contributed by atoms with Crippen LogP contribution in [0.15, 0.2) is 23.2 Å². The van der Waals surface area contributed by atoms with E-state index in [1.54, 1.807) is 13.1 Å². The normalized spacial score (nSPS) is 19.4. The smallest absolute Gasteiger partial charge is 0.191 e. The summed E-state index contributed by atoms with van der Waals surface area (Å²) < 4.78 is 20.1. The second-order valence-electron chi connectivity index (χ2n) is 7.51. The largest absolute Gasteiger partial charge is 0.379 e. The molecule has 162 valence electrons. The molecule has 29 heavy (non-hydrogen) atoms. The SMILES string of the molecule is CCN1CCN(c2ccc(CNC(=NC)NCCN3CCOCC3)cc2F)CC1. The van der Waals surface area contributed by atoms with Crippen LogP contribution in [0, 0.1) is 5.82 Å². The van der Waals surface area contributed by atoms with E-state index in [1.807, 2.05) is 12.1 Å². The number of morpholine rings is 1. The third-order valence-electron chi connectivity index (χ3n) is 5.68. The van der Waals surface area contributed by atoms with Crippen LogP contribution in [0.3, 0.4) is 0 Å². The van der Waals surface area contributed by atoms with Crippen molar-refractivity contribution in [2.45, 2.75) is 13.5 Å². The molecule has 2 N–H and O–H groups in total. The van der Waals surface area contributed by atoms with Gasteiger partial charge in [-0.05, 0) is 24.2 Å². The molecule has 0 bridgehead atoms. The Hall–Kier alpha value is -1.90. The number of ether oxygens (including phenoxy) is 1. The van der Waals surface area contributed by atoms with Crippen molar-refractivity contribution in [2.75, 3.05) is 84.1 Å². The highest BCUT2D eigenvalue weighted by molar-refractivity contribution is 5.79. The number of aliphatic imine (C=N–C) groups is 1. The summed E-state index contributed by atoms with van der Waals surface area (Å²) in [5, 5.41) is 6.60. The van der Waals surface area contributed by atoms with Crippen LogP contribution >= 0.6 is 0 Å². The van der Waals surface area contributed by atoms with E-state index in [0.717, 1.165) is 83.6 Å². The molecule has 0 spiro atoms. The van der Waals surface area contributed by atoms with Crippen LogP contribution in [-0.2, 0) is 11.3 Å². The maximum absolute atomic E-state index is 14.7. The Kier molecular flexibility index (Phi) is 8.52. The molecule has 3 rings (SSSR count). The third kappa shape index (κ3) is 6.55. The number of nitrogens with zero attached hydrogens (tertiary/aromatic N) is 4. The number of guanidine groups is 1. The highest BCUT2D eigenvalue weighted by Crippen LogP contribution is 2.22. The van der Waals surface area contributed by atoms with Crippen LogP contribution in [-0.4, -0.2) is 94.9 Å². The van der Waals surface area contributed by atoms with Gasteiger partial charge in [-0.1, -0.05) is 13.0 Å². The Morgan fingerprint density at radius 1 is 1.07 bits per heavy atom. The van der Waals surface area contributed by atoms with Crippen molar-refractivity contribution in [3.05, 3.63) is 29.6 Å². The fourth-order valence-electron chi connectivity index (χ4n) is 3.79. The van der Waals surface area contributed by atoms with Gasteiger partial charge in [0.1, 0.15) is 5.82 Å². The molecule has 2 aliphatic heterocycles. The first-order valence-electron chi connectivity index (χ1n) is 10.7. The van der Waals surface area contributed by atoms with Crippen molar-refractivity contribution < 1.29 is 9.13 Å². The average Bonchev–Trinajstić information content (AvgIpc) is 2.77. The second kappa shape index (κ2) is 11.3. The van der Waals surface area contributed by atoms with Gasteiger partial charge in [-0.15, -0.1) is 0 Å². The monoisotopic (exact) mass is 406 g/mol. The minimum atomic E-state index is -0.149. The lowest BCUT2D eigenvalue weighted by atomic mass is 10.1. The van der Waals surface area contributed by atoms with E-state index >= 15 is 0 Å². The summed E-state index contributed by atoms with van der Waals surface area (Å²) in [5.74, 6) is 0.586. The minimum absolute atomic E-state index is 0.149. The van der Waals surface area contributed by atoms with Crippen molar-refractivity contribution in [3.63, 3.8) is 0 Å². The van der Waals surface area contributed by atoms with Gasteiger partial charge < -0.3 is 25.2 Å². The lowest BCUT2D eigenvalue weighted by Gasteiger charge is -2.35. The number of hydrogen-bond acceptors (Lipinski definition) is 5. The van der Waals surface area contributed by atoms with Crippen LogP contribution in [0.1, 0.15) is 12.5 Å². The summed E-state index contributed by atoms with van der Waals surface area (Å²) in [6.45, 7) is 12.9. The average molecular weight is 407 g/mol. The molecule has 1 aromatic carbocycles. The Bertz CT molecular complexity index is 657. The van der Waals surface area contributed by atoms with Gasteiger partial charge in [0, 0.05) is 66.0 Å². The molecular formula is C21H35FN6O. The summed E-state index contributed by atoms with van der Waals surface area (Å²) in [6, 6.07) is 5.54. The first kappa shape index (κ1) is 21.8. The number of rotatable bonds is 7. The van der Waals surface area contributed by atoms with Gasteiger partial charge in [0.25, 0.3) is 0 Å². The Labute approximate surface area is 173 Å². The summed E-state index contributed by atoms with van der Waals surface area (Å²) in [4.78, 5) is 11.2. The first-order chi connectivity index (χ1) is 14.2. The van der Waals surface area contributed by atoms with E-state index in [2.05, 4.69) is 37.2 Å². The molecule has 0 atom stereocenters. The van der Waals surface area contributed by atoms with E-state index in [1.165, 1.54) is 0 Å². The van der Waals surface area contributed by atoms with Crippen LogP contribution in [0.2, 0.25) is 0 Å². The van der Waals surface area contributed by atoms with Gasteiger partial charge in [0.05, 0.1) is 18.9 Å². The van der Waals surface area contributed by atoms with Gasteiger partial charge in [-0.25, -0.2) is 4.39 Å². The van der Waals surface area contributed by atoms with Gasteiger partial charge in [-0.3, -0.25) is 9.89 Å². The van der Waals surface area contributed by atoms with Gasteiger partial charge >= 0.3 is 0 Å². The van der Waals surface area contributed by atoms with E-state index < -0.39 is 0 Å². The molecule has 0 aliphatic carbocycles. The van der Waals surface area contributed by atoms with E-state index in [9.17, 15) is 4.39 Å². The van der Waals surface area contributed by atoms with Crippen molar-refractivity contribution >= 4 is 11.6 Å². The van der Waals surface area contributed by atoms with Crippen LogP contribution in [0.4, 0.5) is 10.1 Å². The van der Waals surface area contributed by atoms with E-state index in [-0.39, 0.29) is 5.82 Å².